The minimum atomic E-state index is -0.606. The molecular weight excluding hydrogens is 368 g/mol. The van der Waals surface area contributed by atoms with Crippen molar-refractivity contribution in [1.82, 2.24) is 9.97 Å². The number of aromatic hydroxyl groups is 1. The van der Waals surface area contributed by atoms with Crippen molar-refractivity contribution in [1.29, 1.82) is 0 Å². The number of nitrogens with zero attached hydrogens (tertiary/aromatic N) is 2. The van der Waals surface area contributed by atoms with E-state index in [-0.39, 0.29) is 46.2 Å². The Balaban J connectivity index is 1.96. The maximum Gasteiger partial charge on any atom is 0.343 e. The lowest BCUT2D eigenvalue weighted by molar-refractivity contribution is -0.113. The fourth-order valence-corrected chi connectivity index (χ4v) is 2.53. The molecule has 0 fully saturated rings. The van der Waals surface area contributed by atoms with Crippen LogP contribution in [-0.2, 0) is 9.53 Å². The highest BCUT2D eigenvalue weighted by Gasteiger charge is 2.15. The predicted molar refractivity (Wildman–Crippen MR) is 94.9 cm³/mol. The van der Waals surface area contributed by atoms with Crippen molar-refractivity contribution in [3.8, 4) is 5.75 Å². The van der Waals surface area contributed by atoms with Crippen LogP contribution in [0.25, 0.3) is 0 Å². The molecule has 0 bridgehead atoms. The van der Waals surface area contributed by atoms with Gasteiger partial charge in [0.1, 0.15) is 17.1 Å². The van der Waals surface area contributed by atoms with Crippen molar-refractivity contribution in [3.05, 3.63) is 35.0 Å². The number of aromatic nitrogens is 2. The summed E-state index contributed by atoms with van der Waals surface area (Å²) in [7, 11) is 0. The third-order valence-electron chi connectivity index (χ3n) is 2.86. The second kappa shape index (κ2) is 8.54. The molecule has 1 amide bonds. The monoisotopic (exact) mass is 382 g/mol. The highest BCUT2D eigenvalue weighted by Crippen LogP contribution is 2.27. The van der Waals surface area contributed by atoms with Crippen LogP contribution in [0.4, 0.5) is 11.5 Å². The molecule has 0 unspecified atom stereocenters. The molecule has 25 heavy (non-hydrogen) atoms. The number of carbonyl (C=O) groups is 2. The van der Waals surface area contributed by atoms with Crippen LogP contribution in [0.1, 0.15) is 17.3 Å². The topological polar surface area (TPSA) is 127 Å². The molecule has 132 valence electrons. The van der Waals surface area contributed by atoms with E-state index < -0.39 is 5.97 Å². The van der Waals surface area contributed by atoms with E-state index in [2.05, 4.69) is 15.3 Å². The van der Waals surface area contributed by atoms with Crippen molar-refractivity contribution in [3.63, 3.8) is 0 Å². The Labute approximate surface area is 152 Å². The maximum atomic E-state index is 11.9. The Kier molecular flexibility index (Phi) is 6.43. The lowest BCUT2D eigenvalue weighted by atomic mass is 10.3. The maximum absolute atomic E-state index is 11.9. The SMILES string of the molecule is CCOC(=O)c1cnc(SCC(=O)Nc2cc(Cl)ccc2O)nc1N. The number of nitrogens with two attached hydrogens (primary N) is 1. The van der Waals surface area contributed by atoms with Gasteiger partial charge in [-0.1, -0.05) is 23.4 Å². The first-order chi connectivity index (χ1) is 11.9. The molecule has 0 aliphatic rings. The Hall–Kier alpha value is -2.52. The number of hydrogen-bond donors (Lipinski definition) is 3. The summed E-state index contributed by atoms with van der Waals surface area (Å²) in [5.74, 6) is -1.14. The molecule has 0 aliphatic carbocycles. The summed E-state index contributed by atoms with van der Waals surface area (Å²) in [6.07, 6.45) is 1.25. The second-order valence-electron chi connectivity index (χ2n) is 4.67. The van der Waals surface area contributed by atoms with Crippen molar-refractivity contribution >= 4 is 46.7 Å². The van der Waals surface area contributed by atoms with E-state index >= 15 is 0 Å². The van der Waals surface area contributed by atoms with E-state index in [1.165, 1.54) is 24.4 Å². The number of thioether (sulfide) groups is 1. The fourth-order valence-electron chi connectivity index (χ4n) is 1.74. The number of phenolic OH excluding ortho intramolecular Hbond substituents is 1. The highest BCUT2D eigenvalue weighted by atomic mass is 35.5. The zero-order valence-electron chi connectivity index (χ0n) is 13.2. The number of nitrogen functional groups attached to an aromatic ring is 1. The minimum absolute atomic E-state index is 0.0237. The summed E-state index contributed by atoms with van der Waals surface area (Å²) < 4.78 is 4.83. The van der Waals surface area contributed by atoms with E-state index in [1.807, 2.05) is 0 Å². The van der Waals surface area contributed by atoms with Gasteiger partial charge in [0.15, 0.2) is 5.16 Å². The zero-order chi connectivity index (χ0) is 18.4. The van der Waals surface area contributed by atoms with Crippen molar-refractivity contribution in [2.24, 2.45) is 0 Å². The first-order valence-electron chi connectivity index (χ1n) is 7.11. The van der Waals surface area contributed by atoms with Gasteiger partial charge in [-0.3, -0.25) is 4.79 Å². The summed E-state index contributed by atoms with van der Waals surface area (Å²) >= 11 is 6.84. The van der Waals surface area contributed by atoms with Crippen LogP contribution in [0.3, 0.4) is 0 Å². The smallest absolute Gasteiger partial charge is 0.343 e. The molecule has 0 saturated carbocycles. The van der Waals surface area contributed by atoms with Crippen LogP contribution in [0.5, 0.6) is 5.75 Å². The third-order valence-corrected chi connectivity index (χ3v) is 3.95. The fraction of sp³-hybridized carbons (Fsp3) is 0.200. The second-order valence-corrected chi connectivity index (χ2v) is 6.05. The van der Waals surface area contributed by atoms with Crippen molar-refractivity contribution in [2.45, 2.75) is 12.1 Å². The standard InChI is InChI=1S/C15H15ClN4O4S/c1-2-24-14(23)9-6-18-15(20-13(9)17)25-7-12(22)19-10-5-8(16)3-4-11(10)21/h3-6,21H,2,7H2,1H3,(H,19,22)(H2,17,18,20). The predicted octanol–water partition coefficient (Wildman–Crippen LogP) is 2.33. The molecule has 0 spiro atoms. The van der Waals surface area contributed by atoms with E-state index in [0.717, 1.165) is 11.8 Å². The number of benzene rings is 1. The molecule has 10 heteroatoms. The molecule has 4 N–H and O–H groups in total. The summed E-state index contributed by atoms with van der Waals surface area (Å²) in [5, 5.41) is 12.8. The van der Waals surface area contributed by atoms with Crippen LogP contribution in [-0.4, -0.2) is 39.3 Å². The number of amides is 1. The van der Waals surface area contributed by atoms with Crippen LogP contribution < -0.4 is 11.1 Å². The van der Waals surface area contributed by atoms with Crippen molar-refractivity contribution < 1.29 is 19.4 Å². The minimum Gasteiger partial charge on any atom is -0.506 e. The third kappa shape index (κ3) is 5.23. The first kappa shape index (κ1) is 18.8. The van der Waals surface area contributed by atoms with Gasteiger partial charge in [-0.05, 0) is 25.1 Å². The summed E-state index contributed by atoms with van der Waals surface area (Å²) in [6.45, 7) is 1.89. The number of ether oxygens (including phenoxy) is 1. The normalized spacial score (nSPS) is 10.3. The lowest BCUT2D eigenvalue weighted by Crippen LogP contribution is -2.15. The van der Waals surface area contributed by atoms with Gasteiger partial charge in [0.2, 0.25) is 5.91 Å². The van der Waals surface area contributed by atoms with Gasteiger partial charge in [0.25, 0.3) is 0 Å². The van der Waals surface area contributed by atoms with E-state index in [1.54, 1.807) is 6.92 Å². The number of hydrogen-bond acceptors (Lipinski definition) is 8. The van der Waals surface area contributed by atoms with Gasteiger partial charge in [0.05, 0.1) is 18.0 Å². The molecule has 1 aromatic carbocycles. The number of halogens is 1. The number of anilines is 2. The van der Waals surface area contributed by atoms with Crippen LogP contribution in [0.15, 0.2) is 29.6 Å². The molecular formula is C15H15ClN4O4S. The van der Waals surface area contributed by atoms with Crippen LogP contribution in [0, 0.1) is 0 Å². The quantitative estimate of drug-likeness (QED) is 0.300. The Morgan fingerprint density at radius 1 is 1.44 bits per heavy atom. The molecule has 8 nitrogen and oxygen atoms in total. The summed E-state index contributed by atoms with van der Waals surface area (Å²) in [5.41, 5.74) is 5.98. The van der Waals surface area contributed by atoms with E-state index in [0.29, 0.717) is 5.02 Å². The van der Waals surface area contributed by atoms with Crippen molar-refractivity contribution in [2.75, 3.05) is 23.4 Å². The average Bonchev–Trinajstić information content (AvgIpc) is 2.56. The van der Waals surface area contributed by atoms with E-state index in [4.69, 9.17) is 22.1 Å². The van der Waals surface area contributed by atoms with Gasteiger partial charge < -0.3 is 20.9 Å². The average molecular weight is 383 g/mol. The Bertz CT molecular complexity index is 803. The Morgan fingerprint density at radius 2 is 2.20 bits per heavy atom. The molecule has 1 heterocycles. The highest BCUT2D eigenvalue weighted by molar-refractivity contribution is 7.99. The summed E-state index contributed by atoms with van der Waals surface area (Å²) in [4.78, 5) is 31.5. The largest absolute Gasteiger partial charge is 0.506 e. The van der Waals surface area contributed by atoms with Gasteiger partial charge in [-0.25, -0.2) is 14.8 Å². The van der Waals surface area contributed by atoms with Crippen LogP contribution in [0.2, 0.25) is 5.02 Å². The number of nitrogens with one attached hydrogen (secondary N) is 1. The van der Waals surface area contributed by atoms with Gasteiger partial charge >= 0.3 is 5.97 Å². The molecule has 0 radical (unpaired) electrons. The number of phenols is 1. The molecule has 0 aliphatic heterocycles. The molecule has 1 aromatic heterocycles. The molecule has 2 aromatic rings. The van der Waals surface area contributed by atoms with Gasteiger partial charge in [-0.2, -0.15) is 0 Å². The van der Waals surface area contributed by atoms with Gasteiger partial charge in [0, 0.05) is 11.2 Å². The number of esters is 1. The molecule has 0 saturated heterocycles. The first-order valence-corrected chi connectivity index (χ1v) is 8.48. The summed E-state index contributed by atoms with van der Waals surface area (Å²) in [6, 6.07) is 4.31. The number of carbonyl (C=O) groups excluding carboxylic acids is 2. The zero-order valence-corrected chi connectivity index (χ0v) is 14.7. The lowest BCUT2D eigenvalue weighted by Gasteiger charge is -2.08. The molecule has 2 rings (SSSR count). The molecule has 0 atom stereocenters. The van der Waals surface area contributed by atoms with Gasteiger partial charge in [-0.15, -0.1) is 0 Å². The number of rotatable bonds is 6. The van der Waals surface area contributed by atoms with Crippen LogP contribution >= 0.6 is 23.4 Å². The van der Waals surface area contributed by atoms with E-state index in [9.17, 15) is 14.7 Å². The Morgan fingerprint density at radius 3 is 2.88 bits per heavy atom.